The number of nitrogens with two attached hydrogens (primary N) is 1. The largest absolute Gasteiger partial charge is 0.487 e. The molecule has 1 fully saturated rings. The van der Waals surface area contributed by atoms with Crippen LogP contribution in [0, 0.1) is 5.92 Å². The van der Waals surface area contributed by atoms with Crippen LogP contribution >= 0.6 is 0 Å². The molecule has 0 spiro atoms. The van der Waals surface area contributed by atoms with Gasteiger partial charge in [0, 0.05) is 25.7 Å². The standard InChI is InChI=1S/C20H27N3O6/c1-20(2,27)13-6-8-23(9-7-13)17(24)12-4-5-15-14(10-12)22(3)18(25)16(11-28-15)29-19(21)26/h4-5,10,13,16,27H,6-9,11H2,1-3H3,(H2,21,26)/t16-/m0/s1. The molecular formula is C20H27N3O6. The molecular weight excluding hydrogens is 378 g/mol. The number of carbonyl (C=O) groups is 3. The van der Waals surface area contributed by atoms with Gasteiger partial charge in [-0.15, -0.1) is 0 Å². The third-order valence-electron chi connectivity index (χ3n) is 5.60. The molecule has 3 amide bonds. The minimum absolute atomic E-state index is 0.142. The number of fused-ring (bicyclic) bond motifs is 1. The molecule has 1 aromatic rings. The Morgan fingerprint density at radius 3 is 2.52 bits per heavy atom. The maximum absolute atomic E-state index is 13.0. The Kier molecular flexibility index (Phi) is 5.70. The lowest BCUT2D eigenvalue weighted by atomic mass is 9.83. The van der Waals surface area contributed by atoms with Crippen molar-refractivity contribution in [3.05, 3.63) is 23.8 Å². The maximum atomic E-state index is 13.0. The van der Waals surface area contributed by atoms with Crippen molar-refractivity contribution in [2.24, 2.45) is 11.7 Å². The summed E-state index contributed by atoms with van der Waals surface area (Å²) in [5.74, 6) is -0.0678. The van der Waals surface area contributed by atoms with E-state index in [-0.39, 0.29) is 18.4 Å². The van der Waals surface area contributed by atoms with Crippen LogP contribution in [0.25, 0.3) is 0 Å². The molecule has 9 heteroatoms. The molecule has 0 saturated carbocycles. The Bertz CT molecular complexity index is 811. The lowest BCUT2D eigenvalue weighted by molar-refractivity contribution is -0.127. The summed E-state index contributed by atoms with van der Waals surface area (Å²) in [4.78, 5) is 39.6. The zero-order chi connectivity index (χ0) is 21.3. The highest BCUT2D eigenvalue weighted by Gasteiger charge is 2.34. The molecule has 2 heterocycles. The number of ether oxygens (including phenoxy) is 2. The number of likely N-dealkylation sites (N-methyl/N-ethyl adjacent to an activating group) is 1. The van der Waals surface area contributed by atoms with Crippen molar-refractivity contribution < 1.29 is 29.0 Å². The Morgan fingerprint density at radius 1 is 1.28 bits per heavy atom. The first kappa shape index (κ1) is 20.9. The molecule has 1 saturated heterocycles. The van der Waals surface area contributed by atoms with Crippen molar-refractivity contribution in [3.8, 4) is 5.75 Å². The highest BCUT2D eigenvalue weighted by Crippen LogP contribution is 2.33. The number of aliphatic hydroxyl groups is 1. The lowest BCUT2D eigenvalue weighted by Gasteiger charge is -2.37. The van der Waals surface area contributed by atoms with Gasteiger partial charge >= 0.3 is 6.09 Å². The van der Waals surface area contributed by atoms with Gasteiger partial charge in [0.2, 0.25) is 6.10 Å². The van der Waals surface area contributed by atoms with Crippen LogP contribution in [-0.2, 0) is 9.53 Å². The first-order valence-electron chi connectivity index (χ1n) is 9.60. The smallest absolute Gasteiger partial charge is 0.405 e. The van der Waals surface area contributed by atoms with Gasteiger partial charge in [-0.05, 0) is 50.8 Å². The molecule has 158 valence electrons. The normalized spacial score (nSPS) is 20.6. The van der Waals surface area contributed by atoms with Crippen LogP contribution in [0.3, 0.4) is 0 Å². The minimum Gasteiger partial charge on any atom is -0.487 e. The van der Waals surface area contributed by atoms with Crippen LogP contribution in [0.5, 0.6) is 5.75 Å². The molecule has 29 heavy (non-hydrogen) atoms. The van der Waals surface area contributed by atoms with E-state index in [9.17, 15) is 19.5 Å². The fraction of sp³-hybridized carbons (Fsp3) is 0.550. The van der Waals surface area contributed by atoms with Gasteiger partial charge in [-0.25, -0.2) is 4.79 Å². The first-order chi connectivity index (χ1) is 13.6. The third kappa shape index (κ3) is 4.45. The molecule has 9 nitrogen and oxygen atoms in total. The van der Waals surface area contributed by atoms with Crippen molar-refractivity contribution in [1.29, 1.82) is 0 Å². The average molecular weight is 405 g/mol. The fourth-order valence-electron chi connectivity index (χ4n) is 3.80. The number of carbonyl (C=O) groups excluding carboxylic acids is 3. The van der Waals surface area contributed by atoms with Crippen molar-refractivity contribution >= 4 is 23.6 Å². The number of benzene rings is 1. The molecule has 0 aliphatic carbocycles. The van der Waals surface area contributed by atoms with Crippen LogP contribution in [0.15, 0.2) is 18.2 Å². The van der Waals surface area contributed by atoms with Crippen molar-refractivity contribution in [2.75, 3.05) is 31.6 Å². The van der Waals surface area contributed by atoms with Crippen LogP contribution < -0.4 is 15.4 Å². The number of hydrogen-bond acceptors (Lipinski definition) is 6. The third-order valence-corrected chi connectivity index (χ3v) is 5.60. The Labute approximate surface area is 169 Å². The Hall–Kier alpha value is -2.81. The van der Waals surface area contributed by atoms with E-state index in [4.69, 9.17) is 15.2 Å². The summed E-state index contributed by atoms with van der Waals surface area (Å²) >= 11 is 0. The highest BCUT2D eigenvalue weighted by atomic mass is 16.6. The zero-order valence-electron chi connectivity index (χ0n) is 16.9. The van der Waals surface area contributed by atoms with Crippen LogP contribution in [0.4, 0.5) is 10.5 Å². The Balaban J connectivity index is 1.76. The average Bonchev–Trinajstić information content (AvgIpc) is 2.78. The second kappa shape index (κ2) is 7.90. The van der Waals surface area contributed by atoms with Gasteiger partial charge < -0.3 is 30.1 Å². The molecule has 0 bridgehead atoms. The topological polar surface area (TPSA) is 122 Å². The number of primary amides is 1. The summed E-state index contributed by atoms with van der Waals surface area (Å²) in [5.41, 5.74) is 5.11. The monoisotopic (exact) mass is 405 g/mol. The molecule has 1 atom stereocenters. The van der Waals surface area contributed by atoms with Crippen molar-refractivity contribution in [3.63, 3.8) is 0 Å². The highest BCUT2D eigenvalue weighted by molar-refractivity contribution is 6.01. The molecule has 0 aromatic heterocycles. The zero-order valence-corrected chi connectivity index (χ0v) is 16.9. The number of nitrogens with zero attached hydrogens (tertiary/aromatic N) is 2. The second-order valence-electron chi connectivity index (χ2n) is 8.04. The lowest BCUT2D eigenvalue weighted by Crippen LogP contribution is -2.44. The van der Waals surface area contributed by atoms with Crippen molar-refractivity contribution in [2.45, 2.75) is 38.4 Å². The SMILES string of the molecule is CN1C(=O)[C@@H](OC(N)=O)COc2ccc(C(=O)N3CCC(C(C)(C)O)CC3)cc21. The van der Waals surface area contributed by atoms with E-state index in [1.807, 2.05) is 0 Å². The predicted molar refractivity (Wildman–Crippen MR) is 105 cm³/mol. The Morgan fingerprint density at radius 2 is 1.93 bits per heavy atom. The summed E-state index contributed by atoms with van der Waals surface area (Å²) in [7, 11) is 1.52. The van der Waals surface area contributed by atoms with E-state index in [0.29, 0.717) is 30.1 Å². The molecule has 3 N–H and O–H groups in total. The number of hydrogen-bond donors (Lipinski definition) is 2. The number of rotatable bonds is 3. The van der Waals surface area contributed by atoms with Gasteiger partial charge in [0.1, 0.15) is 12.4 Å². The molecule has 0 radical (unpaired) electrons. The number of likely N-dealkylation sites (tertiary alicyclic amines) is 1. The van der Waals surface area contributed by atoms with Crippen molar-refractivity contribution in [1.82, 2.24) is 4.90 Å². The van der Waals surface area contributed by atoms with Crippen LogP contribution in [-0.4, -0.2) is 66.4 Å². The first-order valence-corrected chi connectivity index (χ1v) is 9.60. The van der Waals surface area contributed by atoms with E-state index < -0.39 is 23.7 Å². The summed E-state index contributed by atoms with van der Waals surface area (Å²) in [6.45, 7) is 4.55. The number of amides is 3. The quantitative estimate of drug-likeness (QED) is 0.777. The molecule has 2 aliphatic rings. The fourth-order valence-corrected chi connectivity index (χ4v) is 3.80. The summed E-state index contributed by atoms with van der Waals surface area (Å²) < 4.78 is 10.4. The summed E-state index contributed by atoms with van der Waals surface area (Å²) in [6.07, 6.45) is -0.747. The maximum Gasteiger partial charge on any atom is 0.405 e. The van der Waals surface area contributed by atoms with E-state index in [1.165, 1.54) is 11.9 Å². The predicted octanol–water partition coefficient (Wildman–Crippen LogP) is 1.13. The van der Waals surface area contributed by atoms with Gasteiger partial charge in [-0.1, -0.05) is 0 Å². The molecule has 3 rings (SSSR count). The van der Waals surface area contributed by atoms with Crippen LogP contribution in [0.2, 0.25) is 0 Å². The van der Waals surface area contributed by atoms with Gasteiger partial charge in [0.25, 0.3) is 11.8 Å². The van der Waals surface area contributed by atoms with Gasteiger partial charge in [0.05, 0.1) is 11.3 Å². The number of piperidine rings is 1. The van der Waals surface area contributed by atoms with E-state index >= 15 is 0 Å². The van der Waals surface area contributed by atoms with E-state index in [2.05, 4.69) is 0 Å². The van der Waals surface area contributed by atoms with Gasteiger partial charge in [0.15, 0.2) is 0 Å². The van der Waals surface area contributed by atoms with Gasteiger partial charge in [-0.3, -0.25) is 9.59 Å². The van der Waals surface area contributed by atoms with E-state index in [1.54, 1.807) is 36.9 Å². The molecule has 0 unspecified atom stereocenters. The summed E-state index contributed by atoms with van der Waals surface area (Å²) in [5, 5.41) is 10.2. The molecule has 1 aromatic carbocycles. The second-order valence-corrected chi connectivity index (χ2v) is 8.04. The number of anilines is 1. The van der Waals surface area contributed by atoms with Crippen LogP contribution in [0.1, 0.15) is 37.0 Å². The van der Waals surface area contributed by atoms with Gasteiger partial charge in [-0.2, -0.15) is 0 Å². The minimum atomic E-state index is -1.15. The summed E-state index contributed by atoms with van der Waals surface area (Å²) in [6, 6.07) is 4.88. The van der Waals surface area contributed by atoms with E-state index in [0.717, 1.165) is 12.8 Å². The molecule has 2 aliphatic heterocycles.